The molecule has 4 nitrogen and oxygen atoms in total. The van der Waals surface area contributed by atoms with Gasteiger partial charge in [0.05, 0.1) is 6.10 Å². The van der Waals surface area contributed by atoms with Gasteiger partial charge in [-0.15, -0.1) is 0 Å². The van der Waals surface area contributed by atoms with Crippen LogP contribution in [-0.4, -0.2) is 24.7 Å². The van der Waals surface area contributed by atoms with E-state index in [4.69, 9.17) is 9.47 Å². The Balaban J connectivity index is 1.59. The summed E-state index contributed by atoms with van der Waals surface area (Å²) in [7, 11) is 1.61. The van der Waals surface area contributed by atoms with Crippen LogP contribution in [0.5, 0.6) is 5.75 Å². The van der Waals surface area contributed by atoms with Gasteiger partial charge in [0.25, 0.3) is 5.91 Å². The Morgan fingerprint density at radius 2 is 1.77 bits per heavy atom. The van der Waals surface area contributed by atoms with Gasteiger partial charge in [-0.05, 0) is 75.6 Å². The second kappa shape index (κ2) is 6.29. The first-order chi connectivity index (χ1) is 10.6. The molecule has 0 aromatic heterocycles. The minimum absolute atomic E-state index is 0.0676. The molecule has 1 aromatic rings. The van der Waals surface area contributed by atoms with Crippen molar-refractivity contribution in [2.45, 2.75) is 57.2 Å². The van der Waals surface area contributed by atoms with Gasteiger partial charge < -0.3 is 14.8 Å². The number of nitrogens with one attached hydrogen (secondary N) is 1. The van der Waals surface area contributed by atoms with E-state index < -0.39 is 5.60 Å². The van der Waals surface area contributed by atoms with E-state index in [2.05, 4.69) is 5.32 Å². The number of amides is 1. The second-order valence-corrected chi connectivity index (χ2v) is 6.59. The smallest absolute Gasteiger partial charge is 0.256 e. The molecule has 0 unspecified atom stereocenters. The van der Waals surface area contributed by atoms with Crippen LogP contribution >= 0.6 is 0 Å². The van der Waals surface area contributed by atoms with Crippen LogP contribution in [0.4, 0.5) is 5.69 Å². The second-order valence-electron chi connectivity index (χ2n) is 6.59. The van der Waals surface area contributed by atoms with E-state index >= 15 is 0 Å². The van der Waals surface area contributed by atoms with Gasteiger partial charge in [0, 0.05) is 12.8 Å². The zero-order chi connectivity index (χ0) is 15.6. The maximum absolute atomic E-state index is 12.4. The first kappa shape index (κ1) is 15.3. The van der Waals surface area contributed by atoms with Crippen LogP contribution in [0.25, 0.3) is 0 Å². The van der Waals surface area contributed by atoms with Crippen molar-refractivity contribution >= 4 is 11.6 Å². The number of hydrogen-bond acceptors (Lipinski definition) is 3. The summed E-state index contributed by atoms with van der Waals surface area (Å²) >= 11 is 0. The molecule has 1 amide bonds. The molecule has 3 rings (SSSR count). The van der Waals surface area contributed by atoms with Crippen molar-refractivity contribution in [1.29, 1.82) is 0 Å². The molecule has 22 heavy (non-hydrogen) atoms. The minimum atomic E-state index is -0.723. The summed E-state index contributed by atoms with van der Waals surface area (Å²) < 4.78 is 11.4. The van der Waals surface area contributed by atoms with E-state index in [0.717, 1.165) is 37.1 Å². The lowest BCUT2D eigenvalue weighted by Gasteiger charge is -2.26. The monoisotopic (exact) mass is 303 g/mol. The molecule has 120 valence electrons. The van der Waals surface area contributed by atoms with Crippen molar-refractivity contribution in [1.82, 2.24) is 0 Å². The Labute approximate surface area is 132 Å². The number of anilines is 1. The van der Waals surface area contributed by atoms with E-state index in [9.17, 15) is 4.79 Å². The SMILES string of the molecule is CO[C@](C)(C(=O)Nc1ccc(OC2CCCC2)cc1)C1CC1. The number of ether oxygens (including phenoxy) is 2. The van der Waals surface area contributed by atoms with Gasteiger partial charge in [-0.25, -0.2) is 0 Å². The van der Waals surface area contributed by atoms with Crippen LogP contribution in [0.3, 0.4) is 0 Å². The summed E-state index contributed by atoms with van der Waals surface area (Å²) in [6.07, 6.45) is 7.29. The van der Waals surface area contributed by atoms with Crippen LogP contribution in [0.15, 0.2) is 24.3 Å². The molecule has 2 aliphatic carbocycles. The number of methoxy groups -OCH3 is 1. The molecule has 1 N–H and O–H groups in total. The lowest BCUT2D eigenvalue weighted by Crippen LogP contribution is -2.44. The highest BCUT2D eigenvalue weighted by molar-refractivity contribution is 5.97. The van der Waals surface area contributed by atoms with Crippen molar-refractivity contribution in [2.75, 3.05) is 12.4 Å². The van der Waals surface area contributed by atoms with Crippen LogP contribution in [-0.2, 0) is 9.53 Å². The maximum atomic E-state index is 12.4. The normalized spacial score (nSPS) is 21.4. The highest BCUT2D eigenvalue weighted by Crippen LogP contribution is 2.42. The molecule has 0 bridgehead atoms. The summed E-state index contributed by atoms with van der Waals surface area (Å²) in [5.74, 6) is 1.14. The average Bonchev–Trinajstić information content (AvgIpc) is 3.27. The molecular formula is C18H25NO3. The third kappa shape index (κ3) is 3.27. The van der Waals surface area contributed by atoms with E-state index in [1.165, 1.54) is 12.8 Å². The molecule has 0 heterocycles. The van der Waals surface area contributed by atoms with Crippen molar-refractivity contribution in [3.8, 4) is 5.75 Å². The van der Waals surface area contributed by atoms with Gasteiger partial charge in [0.15, 0.2) is 0 Å². The van der Waals surface area contributed by atoms with Crippen LogP contribution in [0.2, 0.25) is 0 Å². The maximum Gasteiger partial charge on any atom is 0.256 e. The predicted octanol–water partition coefficient (Wildman–Crippen LogP) is 3.76. The van der Waals surface area contributed by atoms with Crippen LogP contribution < -0.4 is 10.1 Å². The van der Waals surface area contributed by atoms with Gasteiger partial charge in [-0.2, -0.15) is 0 Å². The molecule has 1 atom stereocenters. The molecule has 2 aliphatic rings. The van der Waals surface area contributed by atoms with E-state index in [0.29, 0.717) is 12.0 Å². The Bertz CT molecular complexity index is 518. The summed E-state index contributed by atoms with van der Waals surface area (Å²) in [4.78, 5) is 12.4. The number of hydrogen-bond donors (Lipinski definition) is 1. The van der Waals surface area contributed by atoms with E-state index in [1.807, 2.05) is 31.2 Å². The first-order valence-electron chi connectivity index (χ1n) is 8.25. The Morgan fingerprint density at radius 1 is 1.14 bits per heavy atom. The average molecular weight is 303 g/mol. The lowest BCUT2D eigenvalue weighted by atomic mass is 9.99. The number of benzene rings is 1. The number of carbonyl (C=O) groups excluding carboxylic acids is 1. The van der Waals surface area contributed by atoms with Crippen LogP contribution in [0.1, 0.15) is 45.4 Å². The lowest BCUT2D eigenvalue weighted by molar-refractivity contribution is -0.138. The fourth-order valence-electron chi connectivity index (χ4n) is 3.15. The Hall–Kier alpha value is -1.55. The topological polar surface area (TPSA) is 47.6 Å². The summed E-state index contributed by atoms with van der Waals surface area (Å²) in [6, 6.07) is 7.64. The quantitative estimate of drug-likeness (QED) is 0.870. The zero-order valence-electron chi connectivity index (χ0n) is 13.4. The molecule has 2 saturated carbocycles. The molecule has 1 aromatic carbocycles. The summed E-state index contributed by atoms with van der Waals surface area (Å²) in [5, 5.41) is 2.96. The third-order valence-corrected chi connectivity index (χ3v) is 4.95. The number of rotatable bonds is 6. The highest BCUT2D eigenvalue weighted by Gasteiger charge is 2.47. The first-order valence-corrected chi connectivity index (χ1v) is 8.25. The minimum Gasteiger partial charge on any atom is -0.490 e. The number of carbonyl (C=O) groups is 1. The standard InChI is InChI=1S/C18H25NO3/c1-18(21-2,13-7-8-13)17(20)19-14-9-11-16(12-10-14)22-15-5-3-4-6-15/h9-13,15H,3-8H2,1-2H3,(H,19,20)/t18-/m0/s1. The largest absolute Gasteiger partial charge is 0.490 e. The van der Waals surface area contributed by atoms with E-state index in [1.54, 1.807) is 7.11 Å². The molecular weight excluding hydrogens is 278 g/mol. The van der Waals surface area contributed by atoms with Crippen molar-refractivity contribution < 1.29 is 14.3 Å². The fourth-order valence-corrected chi connectivity index (χ4v) is 3.15. The van der Waals surface area contributed by atoms with E-state index in [-0.39, 0.29) is 5.91 Å². The molecule has 4 heteroatoms. The van der Waals surface area contributed by atoms with Crippen molar-refractivity contribution in [3.05, 3.63) is 24.3 Å². The Kier molecular flexibility index (Phi) is 4.39. The highest BCUT2D eigenvalue weighted by atomic mass is 16.5. The van der Waals surface area contributed by atoms with Crippen LogP contribution in [0, 0.1) is 5.92 Å². The van der Waals surface area contributed by atoms with Crippen molar-refractivity contribution in [3.63, 3.8) is 0 Å². The van der Waals surface area contributed by atoms with Crippen molar-refractivity contribution in [2.24, 2.45) is 5.92 Å². The van der Waals surface area contributed by atoms with Gasteiger partial charge in [0.1, 0.15) is 11.4 Å². The van der Waals surface area contributed by atoms with Gasteiger partial charge in [0.2, 0.25) is 0 Å². The predicted molar refractivity (Wildman–Crippen MR) is 86.1 cm³/mol. The van der Waals surface area contributed by atoms with Gasteiger partial charge in [-0.3, -0.25) is 4.79 Å². The molecule has 0 saturated heterocycles. The molecule has 2 fully saturated rings. The third-order valence-electron chi connectivity index (χ3n) is 4.95. The molecule has 0 spiro atoms. The fraction of sp³-hybridized carbons (Fsp3) is 0.611. The Morgan fingerprint density at radius 3 is 2.32 bits per heavy atom. The zero-order valence-corrected chi connectivity index (χ0v) is 13.4. The van der Waals surface area contributed by atoms with Gasteiger partial charge in [-0.1, -0.05) is 0 Å². The molecule has 0 radical (unpaired) electrons. The summed E-state index contributed by atoms with van der Waals surface area (Å²) in [6.45, 7) is 1.87. The molecule has 0 aliphatic heterocycles. The van der Waals surface area contributed by atoms with Gasteiger partial charge >= 0.3 is 0 Å². The summed E-state index contributed by atoms with van der Waals surface area (Å²) in [5.41, 5.74) is 0.0617.